The van der Waals surface area contributed by atoms with Gasteiger partial charge in [-0.2, -0.15) is 0 Å². The fourth-order valence-electron chi connectivity index (χ4n) is 3.45. The molecule has 32 heavy (non-hydrogen) atoms. The molecule has 4 rings (SSSR count). The van der Waals surface area contributed by atoms with Crippen molar-refractivity contribution in [1.82, 2.24) is 9.97 Å². The van der Waals surface area contributed by atoms with Gasteiger partial charge in [-0.25, -0.2) is 9.59 Å². The van der Waals surface area contributed by atoms with Crippen LogP contribution >= 0.6 is 0 Å². The molecule has 0 bridgehead atoms. The van der Waals surface area contributed by atoms with Gasteiger partial charge in [-0.3, -0.25) is 9.97 Å². The van der Waals surface area contributed by atoms with Crippen molar-refractivity contribution in [3.8, 4) is 28.3 Å². The summed E-state index contributed by atoms with van der Waals surface area (Å²) in [5, 5.41) is 0. The average Bonchev–Trinajstić information content (AvgIpc) is 2.79. The van der Waals surface area contributed by atoms with Gasteiger partial charge in [-0.1, -0.05) is 29.8 Å². The Morgan fingerprint density at radius 3 is 2.47 bits per heavy atom. The first-order chi connectivity index (χ1) is 15.3. The Labute approximate surface area is 185 Å². The fraction of sp³-hybridized carbons (Fsp3) is 0.154. The SMILES string of the molecule is Cc1ccc(C)c(-c2c(OC(=O)c3ccc(C)nc3)c(C)c(-c3ccccn3)oc2=O)c1. The second-order valence-electron chi connectivity index (χ2n) is 7.66. The summed E-state index contributed by atoms with van der Waals surface area (Å²) >= 11 is 0. The number of aryl methyl sites for hydroxylation is 3. The van der Waals surface area contributed by atoms with Crippen LogP contribution in [0.15, 0.2) is 70.1 Å². The molecule has 0 unspecified atom stereocenters. The zero-order valence-electron chi connectivity index (χ0n) is 18.3. The summed E-state index contributed by atoms with van der Waals surface area (Å²) in [6.07, 6.45) is 3.06. The van der Waals surface area contributed by atoms with Gasteiger partial charge in [-0.05, 0) is 63.1 Å². The second kappa shape index (κ2) is 8.59. The van der Waals surface area contributed by atoms with Gasteiger partial charge in [0.1, 0.15) is 11.3 Å². The van der Waals surface area contributed by atoms with Crippen molar-refractivity contribution < 1.29 is 13.9 Å². The Morgan fingerprint density at radius 2 is 1.78 bits per heavy atom. The molecule has 0 aliphatic rings. The van der Waals surface area contributed by atoms with E-state index in [1.54, 1.807) is 43.5 Å². The van der Waals surface area contributed by atoms with Crippen LogP contribution in [0.25, 0.3) is 22.6 Å². The summed E-state index contributed by atoms with van der Waals surface area (Å²) in [5.41, 5.74) is 4.14. The first-order valence-corrected chi connectivity index (χ1v) is 10.2. The molecule has 0 aliphatic heterocycles. The highest BCUT2D eigenvalue weighted by molar-refractivity contribution is 5.92. The largest absolute Gasteiger partial charge is 0.422 e. The predicted molar refractivity (Wildman–Crippen MR) is 122 cm³/mol. The Kier molecular flexibility index (Phi) is 5.69. The van der Waals surface area contributed by atoms with Crippen molar-refractivity contribution in [2.24, 2.45) is 0 Å². The third-order valence-electron chi connectivity index (χ3n) is 5.21. The van der Waals surface area contributed by atoms with Crippen LogP contribution in [0.1, 0.15) is 32.7 Å². The number of benzene rings is 1. The lowest BCUT2D eigenvalue weighted by Gasteiger charge is -2.16. The van der Waals surface area contributed by atoms with Crippen molar-refractivity contribution in [2.75, 3.05) is 0 Å². The maximum absolute atomic E-state index is 13.2. The number of carbonyl (C=O) groups excluding carboxylic acids is 1. The summed E-state index contributed by atoms with van der Waals surface area (Å²) in [6, 6.07) is 14.4. The molecule has 0 saturated heterocycles. The third kappa shape index (κ3) is 4.07. The molecule has 4 aromatic rings. The Bertz CT molecular complexity index is 1360. The van der Waals surface area contributed by atoms with Crippen molar-refractivity contribution in [2.45, 2.75) is 27.7 Å². The number of pyridine rings is 2. The Morgan fingerprint density at radius 1 is 0.969 bits per heavy atom. The normalized spacial score (nSPS) is 10.8. The molecule has 0 aliphatic carbocycles. The van der Waals surface area contributed by atoms with Crippen LogP contribution in [-0.4, -0.2) is 15.9 Å². The number of aromatic nitrogens is 2. The number of hydrogen-bond donors (Lipinski definition) is 0. The fourth-order valence-corrected chi connectivity index (χ4v) is 3.45. The van der Waals surface area contributed by atoms with Crippen molar-refractivity contribution in [1.29, 1.82) is 0 Å². The molecule has 160 valence electrons. The van der Waals surface area contributed by atoms with E-state index in [9.17, 15) is 9.59 Å². The highest BCUT2D eigenvalue weighted by atomic mass is 16.5. The number of esters is 1. The smallest absolute Gasteiger partial charge is 0.348 e. The summed E-state index contributed by atoms with van der Waals surface area (Å²) in [5.74, 6) is -0.194. The molecule has 0 radical (unpaired) electrons. The summed E-state index contributed by atoms with van der Waals surface area (Å²) in [4.78, 5) is 34.6. The highest BCUT2D eigenvalue weighted by Gasteiger charge is 2.25. The zero-order valence-corrected chi connectivity index (χ0v) is 18.3. The van der Waals surface area contributed by atoms with Crippen molar-refractivity contribution >= 4 is 5.97 Å². The number of carbonyl (C=O) groups is 1. The lowest BCUT2D eigenvalue weighted by Crippen LogP contribution is -2.16. The number of nitrogens with zero attached hydrogens (tertiary/aromatic N) is 2. The van der Waals surface area contributed by atoms with E-state index < -0.39 is 11.6 Å². The van der Waals surface area contributed by atoms with E-state index in [1.165, 1.54) is 6.20 Å². The first-order valence-electron chi connectivity index (χ1n) is 10.2. The predicted octanol–water partition coefficient (Wildman–Crippen LogP) is 5.22. The summed E-state index contributed by atoms with van der Waals surface area (Å²) in [6.45, 7) is 7.41. The minimum Gasteiger partial charge on any atom is -0.422 e. The molecule has 1 aromatic carbocycles. The minimum atomic E-state index is -0.607. The van der Waals surface area contributed by atoms with Crippen LogP contribution in [0.4, 0.5) is 0 Å². The molecule has 0 fully saturated rings. The monoisotopic (exact) mass is 426 g/mol. The molecule has 3 aromatic heterocycles. The first kappa shape index (κ1) is 21.2. The topological polar surface area (TPSA) is 82.3 Å². The van der Waals surface area contributed by atoms with Crippen LogP contribution in [0.2, 0.25) is 0 Å². The van der Waals surface area contributed by atoms with E-state index >= 15 is 0 Å². The van der Waals surface area contributed by atoms with E-state index in [4.69, 9.17) is 9.15 Å². The van der Waals surface area contributed by atoms with Crippen LogP contribution < -0.4 is 10.4 Å². The Balaban J connectivity index is 1.94. The summed E-state index contributed by atoms with van der Waals surface area (Å²) < 4.78 is 11.5. The lowest BCUT2D eigenvalue weighted by molar-refractivity contribution is 0.0733. The van der Waals surface area contributed by atoms with Crippen LogP contribution in [0.5, 0.6) is 5.75 Å². The molecular weight excluding hydrogens is 404 g/mol. The molecule has 0 atom stereocenters. The van der Waals surface area contributed by atoms with Crippen molar-refractivity contribution in [3.63, 3.8) is 0 Å². The van der Waals surface area contributed by atoms with E-state index in [2.05, 4.69) is 9.97 Å². The van der Waals surface area contributed by atoms with Gasteiger partial charge < -0.3 is 9.15 Å². The van der Waals surface area contributed by atoms with Gasteiger partial charge in [0.15, 0.2) is 11.5 Å². The van der Waals surface area contributed by atoms with Crippen LogP contribution in [0, 0.1) is 27.7 Å². The number of rotatable bonds is 4. The molecule has 0 amide bonds. The van der Waals surface area contributed by atoms with Gasteiger partial charge in [0, 0.05) is 23.7 Å². The van der Waals surface area contributed by atoms with Gasteiger partial charge in [0.25, 0.3) is 0 Å². The average molecular weight is 426 g/mol. The van der Waals surface area contributed by atoms with E-state index in [1.807, 2.05) is 39.0 Å². The maximum atomic E-state index is 13.2. The van der Waals surface area contributed by atoms with Gasteiger partial charge in [-0.15, -0.1) is 0 Å². The van der Waals surface area contributed by atoms with E-state index in [0.29, 0.717) is 16.8 Å². The summed E-state index contributed by atoms with van der Waals surface area (Å²) in [7, 11) is 0. The lowest BCUT2D eigenvalue weighted by atomic mass is 9.97. The molecule has 0 saturated carbocycles. The highest BCUT2D eigenvalue weighted by Crippen LogP contribution is 2.37. The van der Waals surface area contributed by atoms with Crippen LogP contribution in [-0.2, 0) is 0 Å². The van der Waals surface area contributed by atoms with Gasteiger partial charge in [0.05, 0.1) is 5.56 Å². The number of ether oxygens (including phenoxy) is 1. The standard InChI is InChI=1S/C26H22N2O4/c1-15-8-9-16(2)20(13-15)22-24(32-25(29)19-11-10-17(3)28-14-19)18(4)23(31-26(22)30)21-7-5-6-12-27-21/h5-14H,1-4H3. The molecule has 3 heterocycles. The molecule has 6 nitrogen and oxygen atoms in total. The molecule has 6 heteroatoms. The second-order valence-corrected chi connectivity index (χ2v) is 7.66. The van der Waals surface area contributed by atoms with E-state index in [0.717, 1.165) is 16.8 Å². The Hall–Kier alpha value is -4.06. The number of hydrogen-bond acceptors (Lipinski definition) is 6. The quantitative estimate of drug-likeness (QED) is 0.416. The van der Waals surface area contributed by atoms with Crippen LogP contribution in [0.3, 0.4) is 0 Å². The zero-order chi connectivity index (χ0) is 22.8. The van der Waals surface area contributed by atoms with Gasteiger partial charge >= 0.3 is 11.6 Å². The van der Waals surface area contributed by atoms with Gasteiger partial charge in [0.2, 0.25) is 0 Å². The molecule has 0 spiro atoms. The third-order valence-corrected chi connectivity index (χ3v) is 5.21. The minimum absolute atomic E-state index is 0.154. The molecular formula is C26H22N2O4. The van der Waals surface area contributed by atoms with E-state index in [-0.39, 0.29) is 22.6 Å². The van der Waals surface area contributed by atoms with Crippen molar-refractivity contribution in [3.05, 3.63) is 99.3 Å². The maximum Gasteiger partial charge on any atom is 0.348 e. The molecule has 0 N–H and O–H groups in total.